The van der Waals surface area contributed by atoms with Gasteiger partial charge in [0.05, 0.1) is 0 Å². The minimum absolute atomic E-state index is 0.522. The SMILES string of the molecule is CCCCC/C=C\C/C=C\CCCCCCCCC1C(N)C1CCCCCCC/C=C\C/C=C\CCCCC. The number of nitrogens with two attached hydrogens (primary N) is 1. The van der Waals surface area contributed by atoms with E-state index >= 15 is 0 Å². The van der Waals surface area contributed by atoms with Gasteiger partial charge < -0.3 is 5.73 Å². The second kappa shape index (κ2) is 28.4. The quantitative estimate of drug-likeness (QED) is 0.0742. The summed E-state index contributed by atoms with van der Waals surface area (Å²) in [6.07, 6.45) is 52.3. The molecule has 0 radical (unpaired) electrons. The van der Waals surface area contributed by atoms with E-state index in [1.54, 1.807) is 0 Å². The zero-order chi connectivity index (χ0) is 28.1. The highest BCUT2D eigenvalue weighted by Crippen LogP contribution is 2.44. The van der Waals surface area contributed by atoms with E-state index in [1.807, 2.05) is 0 Å². The molecule has 1 heteroatoms. The second-order valence-electron chi connectivity index (χ2n) is 12.3. The molecule has 0 bridgehead atoms. The van der Waals surface area contributed by atoms with Gasteiger partial charge in [0.1, 0.15) is 0 Å². The first-order chi connectivity index (χ1) is 19.3. The van der Waals surface area contributed by atoms with Gasteiger partial charge in [-0.1, -0.05) is 146 Å². The average Bonchev–Trinajstić information content (AvgIpc) is 3.57. The van der Waals surface area contributed by atoms with E-state index in [9.17, 15) is 0 Å². The molecular weight excluding hydrogens is 470 g/mol. The van der Waals surface area contributed by atoms with Gasteiger partial charge in [0.25, 0.3) is 0 Å². The van der Waals surface area contributed by atoms with E-state index in [1.165, 1.54) is 148 Å². The highest BCUT2D eigenvalue weighted by atomic mass is 14.8. The molecule has 2 N–H and O–H groups in total. The van der Waals surface area contributed by atoms with Crippen LogP contribution < -0.4 is 5.73 Å². The van der Waals surface area contributed by atoms with Crippen molar-refractivity contribution in [1.82, 2.24) is 0 Å². The fourth-order valence-corrected chi connectivity index (χ4v) is 5.85. The summed E-state index contributed by atoms with van der Waals surface area (Å²) in [6, 6.07) is 0.522. The van der Waals surface area contributed by atoms with Crippen LogP contribution in [0.5, 0.6) is 0 Å². The summed E-state index contributed by atoms with van der Waals surface area (Å²) in [4.78, 5) is 0. The zero-order valence-electron chi connectivity index (χ0n) is 26.6. The van der Waals surface area contributed by atoms with Crippen LogP contribution in [0, 0.1) is 11.8 Å². The molecule has 1 aliphatic rings. The Bertz CT molecular complexity index is 612. The lowest BCUT2D eigenvalue weighted by Crippen LogP contribution is -2.03. The van der Waals surface area contributed by atoms with Crippen LogP contribution in [0.4, 0.5) is 0 Å². The van der Waals surface area contributed by atoms with Crippen LogP contribution >= 0.6 is 0 Å². The number of rotatable bonds is 29. The van der Waals surface area contributed by atoms with Crippen LogP contribution in [0.15, 0.2) is 48.6 Å². The third kappa shape index (κ3) is 23.3. The minimum atomic E-state index is 0.522. The maximum absolute atomic E-state index is 6.41. The van der Waals surface area contributed by atoms with Gasteiger partial charge in [0.2, 0.25) is 0 Å². The molecule has 1 rings (SSSR count). The fraction of sp³-hybridized carbons (Fsp3) is 0.789. The van der Waals surface area contributed by atoms with Gasteiger partial charge in [-0.2, -0.15) is 0 Å². The van der Waals surface area contributed by atoms with Gasteiger partial charge in [-0.25, -0.2) is 0 Å². The lowest BCUT2D eigenvalue weighted by atomic mass is 10.0. The molecule has 0 heterocycles. The topological polar surface area (TPSA) is 26.0 Å². The predicted octanol–water partition coefficient (Wildman–Crippen LogP) is 12.6. The molecule has 1 nitrogen and oxygen atoms in total. The molecule has 1 aliphatic carbocycles. The fourth-order valence-electron chi connectivity index (χ4n) is 5.85. The Kier molecular flexibility index (Phi) is 26.2. The van der Waals surface area contributed by atoms with Crippen molar-refractivity contribution in [3.8, 4) is 0 Å². The lowest BCUT2D eigenvalue weighted by Gasteiger charge is -2.02. The molecule has 0 saturated heterocycles. The molecule has 3 unspecified atom stereocenters. The van der Waals surface area contributed by atoms with E-state index in [2.05, 4.69) is 62.5 Å². The molecule has 0 amide bonds. The summed E-state index contributed by atoms with van der Waals surface area (Å²) in [7, 11) is 0. The second-order valence-corrected chi connectivity index (χ2v) is 12.3. The van der Waals surface area contributed by atoms with Gasteiger partial charge in [-0.3, -0.25) is 0 Å². The normalized spacial score (nSPS) is 19.5. The molecule has 1 fully saturated rings. The summed E-state index contributed by atoms with van der Waals surface area (Å²) in [5.41, 5.74) is 6.41. The molecule has 1 saturated carbocycles. The highest BCUT2D eigenvalue weighted by Gasteiger charge is 2.45. The Morgan fingerprint density at radius 2 is 0.692 bits per heavy atom. The van der Waals surface area contributed by atoms with Crippen LogP contribution in [-0.4, -0.2) is 6.04 Å². The first kappa shape index (κ1) is 35.9. The Morgan fingerprint density at radius 3 is 1.05 bits per heavy atom. The zero-order valence-corrected chi connectivity index (χ0v) is 26.6. The molecule has 0 aromatic heterocycles. The van der Waals surface area contributed by atoms with E-state index < -0.39 is 0 Å². The van der Waals surface area contributed by atoms with Crippen molar-refractivity contribution in [3.05, 3.63) is 48.6 Å². The Balaban J connectivity index is 1.81. The molecule has 0 spiro atoms. The monoisotopic (exact) mass is 540 g/mol. The Morgan fingerprint density at radius 1 is 0.385 bits per heavy atom. The van der Waals surface area contributed by atoms with Crippen molar-refractivity contribution in [2.45, 2.75) is 180 Å². The summed E-state index contributed by atoms with van der Waals surface area (Å²) in [6.45, 7) is 4.54. The molecule has 0 aliphatic heterocycles. The largest absolute Gasteiger partial charge is 0.327 e. The standard InChI is InChI=1S/C38H69N/c1-3-5-7-9-11-13-15-17-19-21-23-25-27-29-31-33-35-37-36(38(37)39)34-32-30-28-26-24-22-20-18-16-14-12-10-8-6-4-2/h11-14,17-20,36-38H,3-10,15-16,21-35,39H2,1-2H3/b13-11-,14-12-,19-17-,20-18-. The third-order valence-electron chi connectivity index (χ3n) is 8.62. The van der Waals surface area contributed by atoms with Gasteiger partial charge in [0, 0.05) is 6.04 Å². The first-order valence-electron chi connectivity index (χ1n) is 17.7. The summed E-state index contributed by atoms with van der Waals surface area (Å²) >= 11 is 0. The van der Waals surface area contributed by atoms with Crippen LogP contribution in [0.3, 0.4) is 0 Å². The first-order valence-corrected chi connectivity index (χ1v) is 17.7. The average molecular weight is 540 g/mol. The Hall–Kier alpha value is -1.08. The molecular formula is C38H69N. The van der Waals surface area contributed by atoms with Gasteiger partial charge in [-0.05, 0) is 88.9 Å². The smallest absolute Gasteiger partial charge is 0.0102 e. The lowest BCUT2D eigenvalue weighted by molar-refractivity contribution is 0.515. The third-order valence-corrected chi connectivity index (χ3v) is 8.62. The van der Waals surface area contributed by atoms with E-state index in [0.717, 1.165) is 24.7 Å². The van der Waals surface area contributed by atoms with Gasteiger partial charge in [-0.15, -0.1) is 0 Å². The van der Waals surface area contributed by atoms with Crippen LogP contribution in [0.1, 0.15) is 174 Å². The molecule has 0 aromatic carbocycles. The van der Waals surface area contributed by atoms with Crippen LogP contribution in [0.25, 0.3) is 0 Å². The van der Waals surface area contributed by atoms with Crippen LogP contribution in [-0.2, 0) is 0 Å². The van der Waals surface area contributed by atoms with Crippen molar-refractivity contribution in [1.29, 1.82) is 0 Å². The molecule has 3 atom stereocenters. The maximum atomic E-state index is 6.41. The van der Waals surface area contributed by atoms with Crippen LogP contribution in [0.2, 0.25) is 0 Å². The number of allylic oxidation sites excluding steroid dienone is 8. The van der Waals surface area contributed by atoms with Gasteiger partial charge in [0.15, 0.2) is 0 Å². The molecule has 39 heavy (non-hydrogen) atoms. The summed E-state index contributed by atoms with van der Waals surface area (Å²) < 4.78 is 0. The minimum Gasteiger partial charge on any atom is -0.327 e. The summed E-state index contributed by atoms with van der Waals surface area (Å²) in [5.74, 6) is 1.70. The van der Waals surface area contributed by atoms with E-state index in [-0.39, 0.29) is 0 Å². The highest BCUT2D eigenvalue weighted by molar-refractivity contribution is 5.00. The van der Waals surface area contributed by atoms with Crippen molar-refractivity contribution in [2.24, 2.45) is 17.6 Å². The molecule has 226 valence electrons. The number of unbranched alkanes of at least 4 members (excludes halogenated alkanes) is 17. The predicted molar refractivity (Wildman–Crippen MR) is 178 cm³/mol. The van der Waals surface area contributed by atoms with Crippen molar-refractivity contribution in [3.63, 3.8) is 0 Å². The number of hydrogen-bond donors (Lipinski definition) is 1. The Labute approximate surface area is 246 Å². The van der Waals surface area contributed by atoms with E-state index in [4.69, 9.17) is 5.73 Å². The maximum Gasteiger partial charge on any atom is 0.0102 e. The van der Waals surface area contributed by atoms with Gasteiger partial charge >= 0.3 is 0 Å². The van der Waals surface area contributed by atoms with E-state index in [0.29, 0.717) is 6.04 Å². The number of hydrogen-bond acceptors (Lipinski definition) is 1. The van der Waals surface area contributed by atoms with Crippen molar-refractivity contribution < 1.29 is 0 Å². The van der Waals surface area contributed by atoms with Crippen molar-refractivity contribution >= 4 is 0 Å². The van der Waals surface area contributed by atoms with Crippen molar-refractivity contribution in [2.75, 3.05) is 0 Å². The summed E-state index contributed by atoms with van der Waals surface area (Å²) in [5, 5.41) is 0. The molecule has 0 aromatic rings.